The molecule has 2 N–H and O–H groups in total. The second kappa shape index (κ2) is 4.18. The maximum Gasteiger partial charge on any atom is 0.110 e. The van der Waals surface area contributed by atoms with Gasteiger partial charge in [0.15, 0.2) is 0 Å². The molecule has 2 aromatic rings. The van der Waals surface area contributed by atoms with Gasteiger partial charge in [-0.25, -0.2) is 0 Å². The van der Waals surface area contributed by atoms with E-state index in [2.05, 4.69) is 23.5 Å². The van der Waals surface area contributed by atoms with Crippen molar-refractivity contribution in [1.29, 1.82) is 0 Å². The zero-order valence-corrected chi connectivity index (χ0v) is 10.4. The van der Waals surface area contributed by atoms with Crippen molar-refractivity contribution < 1.29 is 9.52 Å². The number of nitrogens with one attached hydrogen (secondary N) is 1. The van der Waals surface area contributed by atoms with Gasteiger partial charge in [-0.15, -0.1) is 0 Å². The minimum Gasteiger partial charge on any atom is -0.472 e. The predicted molar refractivity (Wildman–Crippen MR) is 70.5 cm³/mol. The van der Waals surface area contributed by atoms with Crippen molar-refractivity contribution in [3.8, 4) is 0 Å². The lowest BCUT2D eigenvalue weighted by atomic mass is 9.83. The van der Waals surface area contributed by atoms with Gasteiger partial charge in [-0.2, -0.15) is 0 Å². The van der Waals surface area contributed by atoms with E-state index in [1.807, 2.05) is 19.1 Å². The molecule has 0 spiro atoms. The Labute approximate surface area is 106 Å². The number of hydrogen-bond donors (Lipinski definition) is 2. The summed E-state index contributed by atoms with van der Waals surface area (Å²) in [5.74, 6) is 0. The van der Waals surface area contributed by atoms with Crippen LogP contribution in [0.25, 0.3) is 0 Å². The number of furan rings is 1. The Kier molecular flexibility index (Phi) is 2.63. The van der Waals surface area contributed by atoms with Gasteiger partial charge < -0.3 is 14.8 Å². The summed E-state index contributed by atoms with van der Waals surface area (Å²) in [4.78, 5) is 0. The van der Waals surface area contributed by atoms with Crippen molar-refractivity contribution in [2.45, 2.75) is 31.4 Å². The minimum atomic E-state index is -0.916. The van der Waals surface area contributed by atoms with Gasteiger partial charge in [-0.1, -0.05) is 18.2 Å². The van der Waals surface area contributed by atoms with Gasteiger partial charge in [-0.05, 0) is 37.5 Å². The first-order valence-corrected chi connectivity index (χ1v) is 6.27. The Morgan fingerprint density at radius 3 is 2.94 bits per heavy atom. The lowest BCUT2D eigenvalue weighted by Gasteiger charge is -2.37. The van der Waals surface area contributed by atoms with Gasteiger partial charge in [0.2, 0.25) is 0 Å². The Morgan fingerprint density at radius 2 is 2.17 bits per heavy atom. The third-order valence-corrected chi connectivity index (χ3v) is 3.83. The second-order valence-corrected chi connectivity index (χ2v) is 5.05. The molecular weight excluding hydrogens is 226 g/mol. The quantitative estimate of drug-likeness (QED) is 0.852. The summed E-state index contributed by atoms with van der Waals surface area (Å²) >= 11 is 0. The molecule has 0 aliphatic carbocycles. The van der Waals surface area contributed by atoms with Crippen LogP contribution in [0.2, 0.25) is 0 Å². The number of aliphatic hydroxyl groups is 1. The Morgan fingerprint density at radius 1 is 1.33 bits per heavy atom. The average Bonchev–Trinajstić information content (AvgIpc) is 2.92. The molecule has 2 heterocycles. The highest BCUT2D eigenvalue weighted by Gasteiger charge is 2.36. The molecule has 0 radical (unpaired) electrons. The molecule has 18 heavy (non-hydrogen) atoms. The van der Waals surface area contributed by atoms with Crippen LogP contribution in [0, 0.1) is 0 Å². The van der Waals surface area contributed by atoms with Crippen molar-refractivity contribution in [3.05, 3.63) is 54.0 Å². The van der Waals surface area contributed by atoms with Crippen LogP contribution in [0.3, 0.4) is 0 Å². The predicted octanol–water partition coefficient (Wildman–Crippen LogP) is 2.91. The number of benzene rings is 1. The first-order chi connectivity index (χ1) is 8.68. The van der Waals surface area contributed by atoms with E-state index in [9.17, 15) is 5.11 Å². The Balaban J connectivity index is 1.88. The molecule has 1 aliphatic heterocycles. The molecule has 0 saturated heterocycles. The summed E-state index contributed by atoms with van der Waals surface area (Å²) in [5.41, 5.74) is 2.34. The van der Waals surface area contributed by atoms with Crippen LogP contribution < -0.4 is 5.32 Å². The van der Waals surface area contributed by atoms with Crippen molar-refractivity contribution >= 4 is 5.69 Å². The van der Waals surface area contributed by atoms with E-state index in [4.69, 9.17) is 4.42 Å². The van der Waals surface area contributed by atoms with Gasteiger partial charge in [0, 0.05) is 11.3 Å². The largest absolute Gasteiger partial charge is 0.472 e. The minimum absolute atomic E-state index is 0.00463. The summed E-state index contributed by atoms with van der Waals surface area (Å²) in [6.45, 7) is 1.84. The highest BCUT2D eigenvalue weighted by molar-refractivity contribution is 5.54. The first kappa shape index (κ1) is 11.4. The maximum absolute atomic E-state index is 10.7. The van der Waals surface area contributed by atoms with Gasteiger partial charge in [0.1, 0.15) is 5.60 Å². The number of fused-ring (bicyclic) bond motifs is 1. The average molecular weight is 243 g/mol. The van der Waals surface area contributed by atoms with Crippen LogP contribution in [0.1, 0.15) is 24.5 Å². The SMILES string of the molecule is CC(O)(c1ccoc1)C1CCc2ccccc2N1. The van der Waals surface area contributed by atoms with Gasteiger partial charge in [0.05, 0.1) is 18.6 Å². The lowest BCUT2D eigenvalue weighted by Crippen LogP contribution is -2.44. The molecule has 3 nitrogen and oxygen atoms in total. The van der Waals surface area contributed by atoms with E-state index >= 15 is 0 Å². The first-order valence-electron chi connectivity index (χ1n) is 6.27. The highest BCUT2D eigenvalue weighted by atomic mass is 16.3. The molecule has 0 bridgehead atoms. The molecule has 1 aliphatic rings. The van der Waals surface area contributed by atoms with Gasteiger partial charge >= 0.3 is 0 Å². The van der Waals surface area contributed by atoms with Crippen LogP contribution in [0.15, 0.2) is 47.3 Å². The fourth-order valence-electron chi connectivity index (χ4n) is 2.61. The van der Waals surface area contributed by atoms with Crippen LogP contribution in [-0.2, 0) is 12.0 Å². The zero-order chi connectivity index (χ0) is 12.6. The van der Waals surface area contributed by atoms with Crippen LogP contribution in [0.5, 0.6) is 0 Å². The Bertz CT molecular complexity index is 531. The highest BCUT2D eigenvalue weighted by Crippen LogP contribution is 2.34. The zero-order valence-electron chi connectivity index (χ0n) is 10.4. The summed E-state index contributed by atoms with van der Waals surface area (Å²) in [6.07, 6.45) is 5.11. The molecule has 0 amide bonds. The normalized spacial score (nSPS) is 21.8. The number of para-hydroxylation sites is 1. The molecular formula is C15H17NO2. The lowest BCUT2D eigenvalue weighted by molar-refractivity contribution is 0.0317. The third-order valence-electron chi connectivity index (χ3n) is 3.83. The van der Waals surface area contributed by atoms with E-state index < -0.39 is 5.60 Å². The topological polar surface area (TPSA) is 45.4 Å². The fraction of sp³-hybridized carbons (Fsp3) is 0.333. The van der Waals surface area contributed by atoms with Gasteiger partial charge in [-0.3, -0.25) is 0 Å². The molecule has 2 unspecified atom stereocenters. The molecule has 1 aromatic heterocycles. The van der Waals surface area contributed by atoms with Crippen molar-refractivity contribution in [2.24, 2.45) is 0 Å². The van der Waals surface area contributed by atoms with E-state index in [-0.39, 0.29) is 6.04 Å². The summed E-state index contributed by atoms with van der Waals surface area (Å²) in [5, 5.41) is 14.1. The van der Waals surface area contributed by atoms with E-state index in [0.29, 0.717) is 0 Å². The molecule has 3 heteroatoms. The summed E-state index contributed by atoms with van der Waals surface area (Å²) in [7, 11) is 0. The van der Waals surface area contributed by atoms with Crippen molar-refractivity contribution in [2.75, 3.05) is 5.32 Å². The van der Waals surface area contributed by atoms with Crippen LogP contribution in [-0.4, -0.2) is 11.1 Å². The number of rotatable bonds is 2. The van der Waals surface area contributed by atoms with Crippen LogP contribution >= 0.6 is 0 Å². The second-order valence-electron chi connectivity index (χ2n) is 5.05. The molecule has 1 aromatic carbocycles. The maximum atomic E-state index is 10.7. The third kappa shape index (κ3) is 1.81. The fourth-order valence-corrected chi connectivity index (χ4v) is 2.61. The summed E-state index contributed by atoms with van der Waals surface area (Å²) in [6, 6.07) is 10.1. The van der Waals surface area contributed by atoms with E-state index in [1.54, 1.807) is 12.5 Å². The molecule has 0 saturated carbocycles. The van der Waals surface area contributed by atoms with E-state index in [0.717, 1.165) is 24.1 Å². The molecule has 3 rings (SSSR count). The number of hydrogen-bond acceptors (Lipinski definition) is 3. The smallest absolute Gasteiger partial charge is 0.110 e. The monoisotopic (exact) mass is 243 g/mol. The van der Waals surface area contributed by atoms with Gasteiger partial charge in [0.25, 0.3) is 0 Å². The molecule has 2 atom stereocenters. The van der Waals surface area contributed by atoms with Crippen LogP contribution in [0.4, 0.5) is 5.69 Å². The number of anilines is 1. The standard InChI is InChI=1S/C15H17NO2/c1-15(17,12-8-9-18-10-12)14-7-6-11-4-2-3-5-13(11)16-14/h2-5,8-10,14,16-17H,6-7H2,1H3. The van der Waals surface area contributed by atoms with Crippen molar-refractivity contribution in [1.82, 2.24) is 0 Å². The Hall–Kier alpha value is -1.74. The summed E-state index contributed by atoms with van der Waals surface area (Å²) < 4.78 is 5.07. The van der Waals surface area contributed by atoms with Crippen molar-refractivity contribution in [3.63, 3.8) is 0 Å². The number of aryl methyl sites for hydroxylation is 1. The molecule has 94 valence electrons. The molecule has 0 fully saturated rings. The van der Waals surface area contributed by atoms with E-state index in [1.165, 1.54) is 5.56 Å².